The lowest BCUT2D eigenvalue weighted by Crippen LogP contribution is -2.42. The van der Waals surface area contributed by atoms with E-state index in [1.807, 2.05) is 0 Å². The highest BCUT2D eigenvalue weighted by molar-refractivity contribution is 7.89. The Kier molecular flexibility index (Phi) is 6.43. The summed E-state index contributed by atoms with van der Waals surface area (Å²) in [5.41, 5.74) is -1.27. The molecule has 6 nitrogen and oxygen atoms in total. The first kappa shape index (κ1) is 22.2. The van der Waals surface area contributed by atoms with Gasteiger partial charge in [0.05, 0.1) is 4.90 Å². The van der Waals surface area contributed by atoms with E-state index >= 15 is 0 Å². The quantitative estimate of drug-likeness (QED) is 0.727. The number of sulfonamides is 1. The minimum absolute atomic E-state index is 0.122. The Morgan fingerprint density at radius 1 is 0.929 bits per heavy atom. The number of amides is 1. The largest absolute Gasteiger partial charge is 0.478 e. The van der Waals surface area contributed by atoms with Crippen LogP contribution in [0.4, 0.5) is 5.69 Å². The number of carbonyl (C=O) groups excluding carboxylic acids is 1. The van der Waals surface area contributed by atoms with E-state index < -0.39 is 21.2 Å². The van der Waals surface area contributed by atoms with Gasteiger partial charge in [-0.2, -0.15) is 0 Å². The van der Waals surface area contributed by atoms with Crippen molar-refractivity contribution in [3.05, 3.63) is 53.6 Å². The number of hydrogen-bond acceptors (Lipinski definition) is 4. The second-order valence-corrected chi connectivity index (χ2v) is 10.0. The van der Waals surface area contributed by atoms with Crippen molar-refractivity contribution < 1.29 is 17.9 Å². The first-order valence-corrected chi connectivity index (χ1v) is 10.5. The van der Waals surface area contributed by atoms with Gasteiger partial charge in [0.2, 0.25) is 10.0 Å². The summed E-state index contributed by atoms with van der Waals surface area (Å²) in [5.74, 6) is 0.144. The Hall–Kier alpha value is -2.09. The van der Waals surface area contributed by atoms with Crippen LogP contribution in [0.1, 0.15) is 34.6 Å². The second kappa shape index (κ2) is 8.11. The molecule has 0 aliphatic rings. The summed E-state index contributed by atoms with van der Waals surface area (Å²) >= 11 is 5.85. The molecule has 0 heterocycles. The van der Waals surface area contributed by atoms with Gasteiger partial charge in [-0.1, -0.05) is 11.6 Å². The second-order valence-electron chi connectivity index (χ2n) is 7.90. The number of carbonyl (C=O) groups is 1. The van der Waals surface area contributed by atoms with Crippen LogP contribution in [0.15, 0.2) is 53.4 Å². The van der Waals surface area contributed by atoms with Crippen LogP contribution < -0.4 is 14.8 Å². The minimum Gasteiger partial charge on any atom is -0.478 e. The molecule has 0 spiro atoms. The molecular weight excluding hydrogens is 400 g/mol. The predicted molar refractivity (Wildman–Crippen MR) is 111 cm³/mol. The van der Waals surface area contributed by atoms with E-state index in [-0.39, 0.29) is 10.8 Å². The standard InChI is InChI=1S/C20H25ClN2O4S/c1-19(2,3)23-28(25,26)17-12-8-15(9-13-17)22-18(24)20(4,5)27-16-10-6-14(21)7-11-16/h6-13,23H,1-5H3,(H,22,24). The molecular formula is C20H25ClN2O4S. The summed E-state index contributed by atoms with van der Waals surface area (Å²) < 4.78 is 33.0. The van der Waals surface area contributed by atoms with Crippen LogP contribution in [-0.2, 0) is 14.8 Å². The molecule has 0 aliphatic carbocycles. The molecule has 0 aromatic heterocycles. The van der Waals surface area contributed by atoms with E-state index in [1.54, 1.807) is 58.9 Å². The third-order valence-corrected chi connectivity index (χ3v) is 5.62. The number of anilines is 1. The lowest BCUT2D eigenvalue weighted by atomic mass is 10.1. The van der Waals surface area contributed by atoms with Gasteiger partial charge in [-0.25, -0.2) is 13.1 Å². The van der Waals surface area contributed by atoms with Crippen molar-refractivity contribution in [2.24, 2.45) is 0 Å². The number of nitrogens with one attached hydrogen (secondary N) is 2. The maximum Gasteiger partial charge on any atom is 0.267 e. The fourth-order valence-corrected chi connectivity index (χ4v) is 3.85. The third kappa shape index (κ3) is 6.22. The SMILES string of the molecule is CC(C)(C)NS(=O)(=O)c1ccc(NC(=O)C(C)(C)Oc2ccc(Cl)cc2)cc1. The predicted octanol–water partition coefficient (Wildman–Crippen LogP) is 4.21. The highest BCUT2D eigenvalue weighted by atomic mass is 35.5. The van der Waals surface area contributed by atoms with Crippen molar-refractivity contribution in [2.75, 3.05) is 5.32 Å². The summed E-state index contributed by atoms with van der Waals surface area (Å²) in [6.07, 6.45) is 0. The summed E-state index contributed by atoms with van der Waals surface area (Å²) in [4.78, 5) is 12.7. The summed E-state index contributed by atoms with van der Waals surface area (Å²) in [5, 5.41) is 3.31. The zero-order valence-electron chi connectivity index (χ0n) is 16.5. The van der Waals surface area contributed by atoms with E-state index in [4.69, 9.17) is 16.3 Å². The van der Waals surface area contributed by atoms with E-state index in [1.165, 1.54) is 24.3 Å². The Bertz CT molecular complexity index is 932. The van der Waals surface area contributed by atoms with E-state index in [0.29, 0.717) is 16.5 Å². The Morgan fingerprint density at radius 2 is 1.46 bits per heavy atom. The van der Waals surface area contributed by atoms with Gasteiger partial charge in [0.1, 0.15) is 5.75 Å². The number of ether oxygens (including phenoxy) is 1. The molecule has 0 saturated heterocycles. The van der Waals surface area contributed by atoms with Crippen molar-refractivity contribution in [3.8, 4) is 5.75 Å². The van der Waals surface area contributed by atoms with Crippen molar-refractivity contribution >= 4 is 33.2 Å². The van der Waals surface area contributed by atoms with E-state index in [0.717, 1.165) is 0 Å². The number of halogens is 1. The van der Waals surface area contributed by atoms with Crippen LogP contribution in [0, 0.1) is 0 Å². The summed E-state index contributed by atoms with van der Waals surface area (Å²) in [6.45, 7) is 8.58. The van der Waals surface area contributed by atoms with Gasteiger partial charge in [0.15, 0.2) is 5.60 Å². The zero-order valence-corrected chi connectivity index (χ0v) is 18.1. The molecule has 2 aromatic carbocycles. The van der Waals surface area contributed by atoms with Gasteiger partial charge in [-0.05, 0) is 83.1 Å². The average molecular weight is 425 g/mol. The van der Waals surface area contributed by atoms with Gasteiger partial charge < -0.3 is 10.1 Å². The van der Waals surface area contributed by atoms with E-state index in [9.17, 15) is 13.2 Å². The Labute approximate surface area is 171 Å². The topological polar surface area (TPSA) is 84.5 Å². The fourth-order valence-electron chi connectivity index (χ4n) is 2.30. The molecule has 0 saturated carbocycles. The minimum atomic E-state index is -3.63. The molecule has 2 rings (SSSR count). The molecule has 0 aliphatic heterocycles. The van der Waals surface area contributed by atoms with Crippen LogP contribution >= 0.6 is 11.6 Å². The van der Waals surface area contributed by atoms with Gasteiger partial charge >= 0.3 is 0 Å². The van der Waals surface area contributed by atoms with Gasteiger partial charge in [-0.3, -0.25) is 4.79 Å². The number of benzene rings is 2. The van der Waals surface area contributed by atoms with Gasteiger partial charge in [0.25, 0.3) is 5.91 Å². The highest BCUT2D eigenvalue weighted by Crippen LogP contribution is 2.23. The van der Waals surface area contributed by atoms with Crippen molar-refractivity contribution in [1.29, 1.82) is 0 Å². The molecule has 1 amide bonds. The molecule has 0 unspecified atom stereocenters. The molecule has 152 valence electrons. The number of rotatable bonds is 6. The Balaban J connectivity index is 2.08. The molecule has 28 heavy (non-hydrogen) atoms. The van der Waals surface area contributed by atoms with Gasteiger partial charge in [0, 0.05) is 16.2 Å². The maximum atomic E-state index is 12.6. The zero-order chi connectivity index (χ0) is 21.2. The third-order valence-electron chi connectivity index (χ3n) is 3.60. The average Bonchev–Trinajstić information content (AvgIpc) is 2.55. The van der Waals surface area contributed by atoms with Crippen LogP contribution in [0.25, 0.3) is 0 Å². The van der Waals surface area contributed by atoms with Crippen LogP contribution in [0.5, 0.6) is 5.75 Å². The normalized spacial score (nSPS) is 12.5. The van der Waals surface area contributed by atoms with Crippen LogP contribution in [0.2, 0.25) is 5.02 Å². The van der Waals surface area contributed by atoms with Crippen molar-refractivity contribution in [2.45, 2.75) is 50.7 Å². The highest BCUT2D eigenvalue weighted by Gasteiger charge is 2.30. The van der Waals surface area contributed by atoms with E-state index in [2.05, 4.69) is 10.0 Å². The smallest absolute Gasteiger partial charge is 0.267 e. The first-order valence-electron chi connectivity index (χ1n) is 8.69. The van der Waals surface area contributed by atoms with Crippen molar-refractivity contribution in [1.82, 2.24) is 4.72 Å². The summed E-state index contributed by atoms with van der Waals surface area (Å²) in [7, 11) is -3.63. The molecule has 0 bridgehead atoms. The molecule has 0 radical (unpaired) electrons. The summed E-state index contributed by atoms with van der Waals surface area (Å²) in [6, 6.07) is 12.7. The lowest BCUT2D eigenvalue weighted by molar-refractivity contribution is -0.128. The fraction of sp³-hybridized carbons (Fsp3) is 0.350. The molecule has 2 N–H and O–H groups in total. The molecule has 8 heteroatoms. The van der Waals surface area contributed by atoms with Gasteiger partial charge in [-0.15, -0.1) is 0 Å². The molecule has 2 aromatic rings. The Morgan fingerprint density at radius 3 is 1.96 bits per heavy atom. The monoisotopic (exact) mass is 424 g/mol. The number of hydrogen-bond donors (Lipinski definition) is 2. The molecule has 0 fully saturated rings. The van der Waals surface area contributed by atoms with Crippen molar-refractivity contribution in [3.63, 3.8) is 0 Å². The lowest BCUT2D eigenvalue weighted by Gasteiger charge is -2.25. The maximum absolute atomic E-state index is 12.6. The van der Waals surface area contributed by atoms with Crippen LogP contribution in [0.3, 0.4) is 0 Å². The molecule has 0 atom stereocenters. The van der Waals surface area contributed by atoms with Crippen LogP contribution in [-0.4, -0.2) is 25.5 Å². The first-order chi connectivity index (χ1) is 12.8.